The van der Waals surface area contributed by atoms with E-state index in [1.165, 1.54) is 56.2 Å². The lowest BCUT2D eigenvalue weighted by atomic mass is 10.1. The molecule has 132 valence electrons. The number of benzene rings is 1. The van der Waals surface area contributed by atoms with Gasteiger partial charge in [0.05, 0.1) is 22.8 Å². The number of hydrogen-bond donors (Lipinski definition) is 2. The van der Waals surface area contributed by atoms with E-state index in [1.54, 1.807) is 17.0 Å². The molecule has 0 bridgehead atoms. The smallest absolute Gasteiger partial charge is 0.261 e. The van der Waals surface area contributed by atoms with Gasteiger partial charge in [0.25, 0.3) is 5.91 Å². The third kappa shape index (κ3) is 5.00. The molecule has 1 fully saturated rings. The van der Waals surface area contributed by atoms with Gasteiger partial charge in [-0.1, -0.05) is 24.3 Å². The van der Waals surface area contributed by atoms with Gasteiger partial charge >= 0.3 is 0 Å². The normalized spacial score (nSPS) is 15.1. The molecular weight excluding hydrogens is 332 g/mol. The minimum atomic E-state index is -0.126. The van der Waals surface area contributed by atoms with Gasteiger partial charge in [0.1, 0.15) is 6.54 Å². The zero-order valence-corrected chi connectivity index (χ0v) is 15.5. The number of rotatable bonds is 6. The number of amides is 1. The Labute approximate surface area is 152 Å². The fourth-order valence-electron chi connectivity index (χ4n) is 3.21. The summed E-state index contributed by atoms with van der Waals surface area (Å²) in [5.74, 6) is -0.130. The second kappa shape index (κ2) is 8.41. The van der Waals surface area contributed by atoms with Gasteiger partial charge < -0.3 is 10.2 Å². The molecule has 1 aliphatic heterocycles. The Bertz CT molecular complexity index is 730. The molecule has 2 heterocycles. The number of piperidine rings is 1. The van der Waals surface area contributed by atoms with Gasteiger partial charge in [-0.05, 0) is 43.9 Å². The minimum absolute atomic E-state index is 0.00419. The molecule has 0 atom stereocenters. The summed E-state index contributed by atoms with van der Waals surface area (Å²) in [6.45, 7) is 5.67. The summed E-state index contributed by atoms with van der Waals surface area (Å²) in [7, 11) is 0. The number of ketones is 1. The van der Waals surface area contributed by atoms with Crippen LogP contribution in [0.15, 0.2) is 36.4 Å². The Balaban J connectivity index is 1.50. The summed E-state index contributed by atoms with van der Waals surface area (Å²) < 4.78 is 0. The SMILES string of the molecule is CC(=O)c1ccc(C(=O)NCc2ccc(C[NH+]3CCCCC3)cc2)s1. The Kier molecular flexibility index (Phi) is 6.00. The van der Waals surface area contributed by atoms with E-state index in [1.807, 2.05) is 0 Å². The highest BCUT2D eigenvalue weighted by molar-refractivity contribution is 7.15. The van der Waals surface area contributed by atoms with Gasteiger partial charge in [-0.2, -0.15) is 0 Å². The fraction of sp³-hybridized carbons (Fsp3) is 0.400. The molecule has 0 unspecified atom stereocenters. The van der Waals surface area contributed by atoms with E-state index in [9.17, 15) is 9.59 Å². The van der Waals surface area contributed by atoms with Crippen molar-refractivity contribution in [3.8, 4) is 0 Å². The third-order valence-corrected chi connectivity index (χ3v) is 5.85. The molecule has 1 aliphatic rings. The molecule has 2 aromatic rings. The van der Waals surface area contributed by atoms with Crippen LogP contribution in [0.3, 0.4) is 0 Å². The summed E-state index contributed by atoms with van der Waals surface area (Å²) in [5, 5.41) is 2.92. The van der Waals surface area contributed by atoms with Crippen LogP contribution in [0.5, 0.6) is 0 Å². The van der Waals surface area contributed by atoms with Crippen LogP contribution in [0.4, 0.5) is 0 Å². The third-order valence-electron chi connectivity index (χ3n) is 4.67. The van der Waals surface area contributed by atoms with Crippen molar-refractivity contribution in [2.45, 2.75) is 39.3 Å². The Morgan fingerprint density at radius 2 is 1.60 bits per heavy atom. The quantitative estimate of drug-likeness (QED) is 0.780. The monoisotopic (exact) mass is 357 g/mol. The molecule has 0 radical (unpaired) electrons. The maximum absolute atomic E-state index is 12.2. The van der Waals surface area contributed by atoms with Crippen molar-refractivity contribution in [1.29, 1.82) is 0 Å². The van der Waals surface area contributed by atoms with E-state index in [0.717, 1.165) is 12.1 Å². The van der Waals surface area contributed by atoms with Crippen molar-refractivity contribution < 1.29 is 14.5 Å². The van der Waals surface area contributed by atoms with Crippen LogP contribution in [0.1, 0.15) is 56.7 Å². The topological polar surface area (TPSA) is 50.6 Å². The van der Waals surface area contributed by atoms with E-state index in [4.69, 9.17) is 0 Å². The first-order chi connectivity index (χ1) is 12.1. The van der Waals surface area contributed by atoms with Crippen LogP contribution in [-0.2, 0) is 13.1 Å². The maximum Gasteiger partial charge on any atom is 0.261 e. The van der Waals surface area contributed by atoms with Gasteiger partial charge in [0.2, 0.25) is 0 Å². The lowest BCUT2D eigenvalue weighted by Crippen LogP contribution is -3.11. The summed E-state index contributed by atoms with van der Waals surface area (Å²) in [6, 6.07) is 11.9. The summed E-state index contributed by atoms with van der Waals surface area (Å²) in [5.41, 5.74) is 2.45. The summed E-state index contributed by atoms with van der Waals surface area (Å²) >= 11 is 1.24. The molecule has 1 saturated heterocycles. The van der Waals surface area contributed by atoms with Crippen LogP contribution >= 0.6 is 11.3 Å². The lowest BCUT2D eigenvalue weighted by molar-refractivity contribution is -0.918. The van der Waals surface area contributed by atoms with Gasteiger partial charge in [-0.15, -0.1) is 11.3 Å². The zero-order valence-electron chi connectivity index (χ0n) is 14.6. The highest BCUT2D eigenvalue weighted by Crippen LogP contribution is 2.17. The van der Waals surface area contributed by atoms with Gasteiger partial charge in [0, 0.05) is 12.1 Å². The Morgan fingerprint density at radius 3 is 2.24 bits per heavy atom. The fourth-order valence-corrected chi connectivity index (χ4v) is 4.03. The highest BCUT2D eigenvalue weighted by atomic mass is 32.1. The van der Waals surface area contributed by atoms with Crippen LogP contribution < -0.4 is 10.2 Å². The maximum atomic E-state index is 12.2. The van der Waals surface area contributed by atoms with Gasteiger partial charge in [-0.3, -0.25) is 9.59 Å². The molecule has 4 nitrogen and oxygen atoms in total. The Morgan fingerprint density at radius 1 is 0.960 bits per heavy atom. The average Bonchev–Trinajstić information content (AvgIpc) is 3.12. The molecule has 1 aromatic heterocycles. The number of likely N-dealkylation sites (tertiary alicyclic amines) is 1. The second-order valence-electron chi connectivity index (χ2n) is 6.71. The largest absolute Gasteiger partial charge is 0.347 e. The van der Waals surface area contributed by atoms with E-state index in [0.29, 0.717) is 16.3 Å². The number of nitrogens with one attached hydrogen (secondary N) is 2. The summed E-state index contributed by atoms with van der Waals surface area (Å²) in [4.78, 5) is 26.4. The molecule has 2 N–H and O–H groups in total. The average molecular weight is 357 g/mol. The summed E-state index contributed by atoms with van der Waals surface area (Å²) in [6.07, 6.45) is 4.06. The molecule has 0 aliphatic carbocycles. The molecular formula is C20H25N2O2S+. The zero-order chi connectivity index (χ0) is 17.6. The van der Waals surface area contributed by atoms with E-state index in [2.05, 4.69) is 29.6 Å². The Hall–Kier alpha value is -1.98. The lowest BCUT2D eigenvalue weighted by Gasteiger charge is -2.23. The molecule has 0 spiro atoms. The van der Waals surface area contributed by atoms with E-state index < -0.39 is 0 Å². The van der Waals surface area contributed by atoms with E-state index >= 15 is 0 Å². The molecule has 1 aromatic carbocycles. The van der Waals surface area contributed by atoms with Crippen molar-refractivity contribution >= 4 is 23.0 Å². The van der Waals surface area contributed by atoms with Crippen molar-refractivity contribution in [3.63, 3.8) is 0 Å². The molecule has 1 amide bonds. The predicted molar refractivity (Wildman–Crippen MR) is 100 cm³/mol. The van der Waals surface area contributed by atoms with Crippen LogP contribution in [0.25, 0.3) is 0 Å². The minimum Gasteiger partial charge on any atom is -0.347 e. The number of Topliss-reactive ketones (excluding diaryl/α,β-unsaturated/α-hetero) is 1. The number of hydrogen-bond acceptors (Lipinski definition) is 3. The molecule has 0 saturated carbocycles. The standard InChI is InChI=1S/C20H24N2O2S/c1-15(23)18-9-10-19(25-18)20(24)21-13-16-5-7-17(8-6-16)14-22-11-3-2-4-12-22/h5-10H,2-4,11-14H2,1H3,(H,21,24)/p+1. The number of carbonyl (C=O) groups excluding carboxylic acids is 2. The first-order valence-electron chi connectivity index (χ1n) is 8.92. The molecule has 5 heteroatoms. The number of carbonyl (C=O) groups is 2. The molecule has 25 heavy (non-hydrogen) atoms. The van der Waals surface area contributed by atoms with E-state index in [-0.39, 0.29) is 11.7 Å². The van der Waals surface area contributed by atoms with Crippen molar-refractivity contribution in [1.82, 2.24) is 5.32 Å². The molecule has 3 rings (SSSR count). The van der Waals surface area contributed by atoms with Crippen molar-refractivity contribution in [2.24, 2.45) is 0 Å². The second-order valence-corrected chi connectivity index (χ2v) is 7.79. The first kappa shape index (κ1) is 17.8. The van der Waals surface area contributed by atoms with Gasteiger partial charge in [0.15, 0.2) is 5.78 Å². The predicted octanol–water partition coefficient (Wildman–Crippen LogP) is 2.45. The van der Waals surface area contributed by atoms with Crippen molar-refractivity contribution in [3.05, 3.63) is 57.3 Å². The van der Waals surface area contributed by atoms with Crippen LogP contribution in [0.2, 0.25) is 0 Å². The first-order valence-corrected chi connectivity index (χ1v) is 9.74. The number of thiophene rings is 1. The highest BCUT2D eigenvalue weighted by Gasteiger charge is 2.14. The number of quaternary nitrogens is 1. The van der Waals surface area contributed by atoms with Crippen LogP contribution in [-0.4, -0.2) is 24.8 Å². The van der Waals surface area contributed by atoms with Crippen molar-refractivity contribution in [2.75, 3.05) is 13.1 Å². The van der Waals surface area contributed by atoms with Gasteiger partial charge in [-0.25, -0.2) is 0 Å². The van der Waals surface area contributed by atoms with Crippen LogP contribution in [0, 0.1) is 0 Å².